The normalized spacial score (nSPS) is 21.7. The SMILES string of the molecule is Cc1ccc(N2C(SCC(=O)Nc3cccc(C)c3C)=N[C@@H]3CS(=O)(=O)C[C@H]32)c(C)c1. The number of amides is 1. The molecule has 164 valence electrons. The highest BCUT2D eigenvalue weighted by Crippen LogP contribution is 2.36. The molecule has 0 radical (unpaired) electrons. The van der Waals surface area contributed by atoms with Crippen LogP contribution in [0.5, 0.6) is 0 Å². The predicted octanol–water partition coefficient (Wildman–Crippen LogP) is 3.63. The number of nitrogens with one attached hydrogen (secondary N) is 1. The number of rotatable bonds is 4. The molecule has 2 aromatic rings. The monoisotopic (exact) mass is 457 g/mol. The van der Waals surface area contributed by atoms with Gasteiger partial charge in [0.25, 0.3) is 0 Å². The molecule has 4 rings (SSSR count). The summed E-state index contributed by atoms with van der Waals surface area (Å²) in [4.78, 5) is 19.4. The number of thioether (sulfide) groups is 1. The molecule has 1 saturated heterocycles. The summed E-state index contributed by atoms with van der Waals surface area (Å²) in [5.41, 5.74) is 6.16. The van der Waals surface area contributed by atoms with E-state index in [4.69, 9.17) is 4.99 Å². The van der Waals surface area contributed by atoms with Crippen molar-refractivity contribution in [3.8, 4) is 0 Å². The van der Waals surface area contributed by atoms with E-state index in [1.807, 2.05) is 62.9 Å². The summed E-state index contributed by atoms with van der Waals surface area (Å²) in [5, 5.41) is 3.70. The van der Waals surface area contributed by atoms with Gasteiger partial charge >= 0.3 is 0 Å². The Kier molecular flexibility index (Phi) is 5.87. The molecule has 2 heterocycles. The Hall–Kier alpha value is -2.32. The van der Waals surface area contributed by atoms with Crippen LogP contribution in [0.25, 0.3) is 0 Å². The Morgan fingerprint density at radius 1 is 1.13 bits per heavy atom. The molecule has 1 amide bonds. The minimum Gasteiger partial charge on any atom is -0.325 e. The van der Waals surface area contributed by atoms with Crippen LogP contribution in [0.1, 0.15) is 22.3 Å². The largest absolute Gasteiger partial charge is 0.325 e. The van der Waals surface area contributed by atoms with E-state index in [0.717, 1.165) is 33.6 Å². The molecule has 0 aliphatic carbocycles. The lowest BCUT2D eigenvalue weighted by Gasteiger charge is -2.28. The number of hydrogen-bond acceptors (Lipinski definition) is 6. The molecule has 8 heteroatoms. The summed E-state index contributed by atoms with van der Waals surface area (Å²) < 4.78 is 24.5. The number of aliphatic imine (C=N–C) groups is 1. The number of amidine groups is 1. The molecular weight excluding hydrogens is 430 g/mol. The zero-order chi connectivity index (χ0) is 22.3. The third-order valence-corrected chi connectivity index (χ3v) is 8.60. The van der Waals surface area contributed by atoms with E-state index in [1.54, 1.807) is 0 Å². The average molecular weight is 458 g/mol. The lowest BCUT2D eigenvalue weighted by atomic mass is 10.1. The number of hydrogen-bond donors (Lipinski definition) is 1. The van der Waals surface area contributed by atoms with Crippen molar-refractivity contribution < 1.29 is 13.2 Å². The van der Waals surface area contributed by atoms with Crippen molar-refractivity contribution in [1.29, 1.82) is 0 Å². The lowest BCUT2D eigenvalue weighted by molar-refractivity contribution is -0.113. The highest BCUT2D eigenvalue weighted by molar-refractivity contribution is 8.14. The van der Waals surface area contributed by atoms with Gasteiger partial charge in [-0.3, -0.25) is 9.79 Å². The van der Waals surface area contributed by atoms with Gasteiger partial charge in [0.2, 0.25) is 5.91 Å². The second-order valence-electron chi connectivity index (χ2n) is 8.37. The van der Waals surface area contributed by atoms with Gasteiger partial charge in [-0.1, -0.05) is 41.6 Å². The molecule has 1 N–H and O–H groups in total. The number of benzene rings is 2. The third-order valence-electron chi connectivity index (χ3n) is 5.93. The van der Waals surface area contributed by atoms with Crippen LogP contribution in [0, 0.1) is 27.7 Å². The summed E-state index contributed by atoms with van der Waals surface area (Å²) in [5.74, 6) is 0.261. The van der Waals surface area contributed by atoms with Crippen LogP contribution in [-0.2, 0) is 14.6 Å². The third kappa shape index (κ3) is 4.50. The Bertz CT molecular complexity index is 1170. The van der Waals surface area contributed by atoms with Crippen LogP contribution in [0.2, 0.25) is 0 Å². The quantitative estimate of drug-likeness (QED) is 0.758. The molecule has 0 aromatic heterocycles. The van der Waals surface area contributed by atoms with Crippen LogP contribution >= 0.6 is 11.8 Å². The van der Waals surface area contributed by atoms with Crippen molar-refractivity contribution in [2.45, 2.75) is 39.8 Å². The second kappa shape index (κ2) is 8.31. The van der Waals surface area contributed by atoms with Crippen molar-refractivity contribution in [1.82, 2.24) is 0 Å². The van der Waals surface area contributed by atoms with Crippen molar-refractivity contribution in [3.05, 3.63) is 58.7 Å². The summed E-state index contributed by atoms with van der Waals surface area (Å²) in [6.45, 7) is 8.06. The molecule has 31 heavy (non-hydrogen) atoms. The van der Waals surface area contributed by atoms with E-state index < -0.39 is 9.84 Å². The smallest absolute Gasteiger partial charge is 0.234 e. The number of aryl methyl sites for hydroxylation is 3. The Balaban J connectivity index is 1.54. The van der Waals surface area contributed by atoms with Gasteiger partial charge in [-0.2, -0.15) is 0 Å². The Labute approximate surface area is 188 Å². The first-order valence-electron chi connectivity index (χ1n) is 10.3. The molecular formula is C23H27N3O3S2. The molecule has 2 aliphatic heterocycles. The first kappa shape index (κ1) is 21.9. The highest BCUT2D eigenvalue weighted by Gasteiger charge is 2.47. The molecule has 0 unspecified atom stereocenters. The standard InChI is InChI=1S/C23H27N3O3S2/c1-14-8-9-20(16(3)10-14)26-21-13-31(28,29)12-19(21)25-23(26)30-11-22(27)24-18-7-5-6-15(2)17(18)4/h5-10,19,21H,11-13H2,1-4H3,(H,24,27)/t19-,21-/m1/s1. The summed E-state index contributed by atoms with van der Waals surface area (Å²) in [6, 6.07) is 11.5. The topological polar surface area (TPSA) is 78.8 Å². The average Bonchev–Trinajstić information content (AvgIpc) is 3.15. The molecule has 2 aromatic carbocycles. The van der Waals surface area contributed by atoms with Gasteiger partial charge < -0.3 is 10.2 Å². The predicted molar refractivity (Wildman–Crippen MR) is 129 cm³/mol. The van der Waals surface area contributed by atoms with E-state index >= 15 is 0 Å². The zero-order valence-corrected chi connectivity index (χ0v) is 19.8. The first-order chi connectivity index (χ1) is 14.6. The number of nitrogens with zero attached hydrogens (tertiary/aromatic N) is 2. The molecule has 2 aliphatic rings. The Morgan fingerprint density at radius 3 is 2.65 bits per heavy atom. The minimum atomic E-state index is -3.11. The maximum absolute atomic E-state index is 12.6. The number of anilines is 2. The minimum absolute atomic E-state index is 0.0673. The van der Waals surface area contributed by atoms with Crippen LogP contribution in [0.4, 0.5) is 11.4 Å². The van der Waals surface area contributed by atoms with Gasteiger partial charge in [0, 0.05) is 11.4 Å². The number of fused-ring (bicyclic) bond motifs is 1. The van der Waals surface area contributed by atoms with Gasteiger partial charge in [-0.05, 0) is 56.5 Å². The van der Waals surface area contributed by atoms with Gasteiger partial charge in [0.05, 0.1) is 29.3 Å². The van der Waals surface area contributed by atoms with Gasteiger partial charge in [-0.15, -0.1) is 0 Å². The molecule has 0 saturated carbocycles. The molecule has 0 bridgehead atoms. The summed E-state index contributed by atoms with van der Waals surface area (Å²) in [6.07, 6.45) is 0. The second-order valence-corrected chi connectivity index (χ2v) is 11.5. The number of sulfone groups is 1. The van der Waals surface area contributed by atoms with Crippen molar-refractivity contribution in [3.63, 3.8) is 0 Å². The van der Waals surface area contributed by atoms with Crippen molar-refractivity contribution in [2.75, 3.05) is 27.5 Å². The highest BCUT2D eigenvalue weighted by atomic mass is 32.2. The molecule has 6 nitrogen and oxygen atoms in total. The van der Waals surface area contributed by atoms with E-state index in [0.29, 0.717) is 5.17 Å². The molecule has 0 spiro atoms. The number of carbonyl (C=O) groups excluding carboxylic acids is 1. The van der Waals surface area contributed by atoms with Crippen molar-refractivity contribution >= 4 is 44.0 Å². The Morgan fingerprint density at radius 2 is 1.90 bits per heavy atom. The van der Waals surface area contributed by atoms with E-state index in [9.17, 15) is 13.2 Å². The van der Waals surface area contributed by atoms with Crippen molar-refractivity contribution in [2.24, 2.45) is 4.99 Å². The zero-order valence-electron chi connectivity index (χ0n) is 18.2. The molecule has 2 atom stereocenters. The van der Waals surface area contributed by atoms with E-state index in [-0.39, 0.29) is 35.2 Å². The summed E-state index contributed by atoms with van der Waals surface area (Å²) in [7, 11) is -3.11. The fraction of sp³-hybridized carbons (Fsp3) is 0.391. The van der Waals surface area contributed by atoms with Gasteiger partial charge in [-0.25, -0.2) is 8.42 Å². The first-order valence-corrected chi connectivity index (χ1v) is 13.1. The van der Waals surface area contributed by atoms with Crippen LogP contribution < -0.4 is 10.2 Å². The number of carbonyl (C=O) groups is 1. The lowest BCUT2D eigenvalue weighted by Crippen LogP contribution is -2.39. The molecule has 1 fully saturated rings. The van der Waals surface area contributed by atoms with Gasteiger partial charge in [0.1, 0.15) is 0 Å². The van der Waals surface area contributed by atoms with Gasteiger partial charge in [0.15, 0.2) is 15.0 Å². The van der Waals surface area contributed by atoms with E-state index in [1.165, 1.54) is 11.8 Å². The van der Waals surface area contributed by atoms with Crippen LogP contribution in [0.15, 0.2) is 41.4 Å². The maximum atomic E-state index is 12.6. The fourth-order valence-corrected chi connectivity index (χ4v) is 6.95. The fourth-order valence-electron chi connectivity index (χ4n) is 4.19. The van der Waals surface area contributed by atoms with Crippen LogP contribution in [-0.4, -0.2) is 48.8 Å². The summed E-state index contributed by atoms with van der Waals surface area (Å²) >= 11 is 1.36. The van der Waals surface area contributed by atoms with E-state index in [2.05, 4.69) is 11.4 Å². The van der Waals surface area contributed by atoms with Crippen LogP contribution in [0.3, 0.4) is 0 Å². The maximum Gasteiger partial charge on any atom is 0.234 e.